The summed E-state index contributed by atoms with van der Waals surface area (Å²) >= 11 is 5.88. The Hall–Kier alpha value is -1.41. The van der Waals surface area contributed by atoms with Gasteiger partial charge in [0.1, 0.15) is 0 Å². The highest BCUT2D eigenvalue weighted by molar-refractivity contribution is 6.33. The molecule has 0 aliphatic carbocycles. The molecular weight excluding hydrogens is 301 g/mol. The molecule has 0 radical (unpaired) electrons. The predicted molar refractivity (Wildman–Crippen MR) is 78.2 cm³/mol. The summed E-state index contributed by atoms with van der Waals surface area (Å²) in [6, 6.07) is 5.43. The van der Waals surface area contributed by atoms with Crippen LogP contribution in [0.2, 0.25) is 5.02 Å². The number of alkyl halides is 3. The van der Waals surface area contributed by atoms with Crippen molar-refractivity contribution in [1.82, 2.24) is 0 Å². The second-order valence-corrected chi connectivity index (χ2v) is 5.98. The van der Waals surface area contributed by atoms with E-state index in [0.29, 0.717) is 6.54 Å². The first-order valence-corrected chi connectivity index (χ1v) is 7.05. The molecule has 0 atom stereocenters. The summed E-state index contributed by atoms with van der Waals surface area (Å²) in [6.45, 7) is 4.25. The summed E-state index contributed by atoms with van der Waals surface area (Å²) in [7, 11) is 0. The van der Waals surface area contributed by atoms with Gasteiger partial charge in [0, 0.05) is 6.54 Å². The number of rotatable bonds is 6. The molecule has 116 valence electrons. The molecule has 0 amide bonds. The van der Waals surface area contributed by atoms with E-state index in [2.05, 4.69) is 11.4 Å². The van der Waals surface area contributed by atoms with E-state index in [1.54, 1.807) is 0 Å². The molecule has 1 rings (SSSR count). The molecule has 0 saturated carbocycles. The van der Waals surface area contributed by atoms with Gasteiger partial charge in [0.15, 0.2) is 0 Å². The number of halogens is 4. The van der Waals surface area contributed by atoms with E-state index >= 15 is 0 Å². The van der Waals surface area contributed by atoms with Crippen molar-refractivity contribution in [3.63, 3.8) is 0 Å². The highest BCUT2D eigenvalue weighted by Crippen LogP contribution is 2.33. The van der Waals surface area contributed by atoms with Crippen molar-refractivity contribution in [3.05, 3.63) is 28.8 Å². The molecule has 0 unspecified atom stereocenters. The van der Waals surface area contributed by atoms with Crippen LogP contribution < -0.4 is 5.32 Å². The van der Waals surface area contributed by atoms with Crippen LogP contribution in [0, 0.1) is 16.7 Å². The maximum atomic E-state index is 12.6. The number of hydrogen-bond donors (Lipinski definition) is 1. The monoisotopic (exact) mass is 318 g/mol. The van der Waals surface area contributed by atoms with Gasteiger partial charge < -0.3 is 5.32 Å². The lowest BCUT2D eigenvalue weighted by molar-refractivity contribution is -0.137. The Labute approximate surface area is 127 Å². The average Bonchev–Trinajstić information content (AvgIpc) is 2.39. The van der Waals surface area contributed by atoms with Crippen LogP contribution in [0.3, 0.4) is 0 Å². The van der Waals surface area contributed by atoms with Gasteiger partial charge in [-0.3, -0.25) is 0 Å². The Morgan fingerprint density at radius 3 is 2.48 bits per heavy atom. The second-order valence-electron chi connectivity index (χ2n) is 5.57. The molecule has 2 nitrogen and oxygen atoms in total. The van der Waals surface area contributed by atoms with Gasteiger partial charge in [-0.1, -0.05) is 18.0 Å². The summed E-state index contributed by atoms with van der Waals surface area (Å²) in [5, 5.41) is 12.1. The van der Waals surface area contributed by atoms with Crippen LogP contribution in [0.15, 0.2) is 18.2 Å². The van der Waals surface area contributed by atoms with Crippen molar-refractivity contribution in [2.75, 3.05) is 11.9 Å². The van der Waals surface area contributed by atoms with Crippen LogP contribution in [0.5, 0.6) is 0 Å². The Bertz CT molecular complexity index is 519. The number of nitrogens with one attached hydrogen (secondary N) is 1. The number of anilines is 1. The van der Waals surface area contributed by atoms with E-state index in [9.17, 15) is 13.2 Å². The minimum Gasteiger partial charge on any atom is -0.384 e. The summed E-state index contributed by atoms with van der Waals surface area (Å²) in [4.78, 5) is 0. The maximum Gasteiger partial charge on any atom is 0.416 e. The minimum atomic E-state index is -4.38. The lowest BCUT2D eigenvalue weighted by Gasteiger charge is -2.15. The quantitative estimate of drug-likeness (QED) is 0.704. The van der Waals surface area contributed by atoms with Crippen molar-refractivity contribution in [1.29, 1.82) is 5.26 Å². The first kappa shape index (κ1) is 17.6. The normalized spacial score (nSPS) is 12.0. The molecular formula is C15H18ClF3N2. The largest absolute Gasteiger partial charge is 0.416 e. The summed E-state index contributed by atoms with van der Waals surface area (Å²) in [5.41, 5.74) is -0.806. The van der Waals surface area contributed by atoms with Crippen molar-refractivity contribution in [2.24, 2.45) is 5.41 Å². The van der Waals surface area contributed by atoms with Gasteiger partial charge in [-0.05, 0) is 44.9 Å². The van der Waals surface area contributed by atoms with Crippen molar-refractivity contribution in [2.45, 2.75) is 39.3 Å². The lowest BCUT2D eigenvalue weighted by atomic mass is 9.89. The number of nitriles is 1. The predicted octanol–water partition coefficient (Wildman–Crippen LogP) is 5.49. The first-order chi connectivity index (χ1) is 9.65. The van der Waals surface area contributed by atoms with E-state index in [1.165, 1.54) is 6.07 Å². The van der Waals surface area contributed by atoms with Crippen LogP contribution in [0.1, 0.15) is 38.7 Å². The van der Waals surface area contributed by atoms with E-state index in [4.69, 9.17) is 16.9 Å². The molecule has 0 aliphatic rings. The lowest BCUT2D eigenvalue weighted by Crippen LogP contribution is -2.10. The maximum absolute atomic E-state index is 12.6. The number of benzene rings is 1. The first-order valence-electron chi connectivity index (χ1n) is 6.67. The molecule has 21 heavy (non-hydrogen) atoms. The van der Waals surface area contributed by atoms with Gasteiger partial charge in [0.05, 0.1) is 27.8 Å². The van der Waals surface area contributed by atoms with Crippen LogP contribution in [-0.4, -0.2) is 6.54 Å². The summed E-state index contributed by atoms with van der Waals surface area (Å²) in [6.07, 6.45) is -2.04. The van der Waals surface area contributed by atoms with Gasteiger partial charge in [0.25, 0.3) is 0 Å². The van der Waals surface area contributed by atoms with Crippen LogP contribution in [0.25, 0.3) is 0 Å². The smallest absolute Gasteiger partial charge is 0.384 e. The third kappa shape index (κ3) is 5.84. The molecule has 0 bridgehead atoms. The Balaban J connectivity index is 2.51. The number of nitrogens with zero attached hydrogens (tertiary/aromatic N) is 1. The molecule has 1 aromatic carbocycles. The third-order valence-electron chi connectivity index (χ3n) is 3.14. The van der Waals surface area contributed by atoms with Crippen molar-refractivity contribution >= 4 is 17.3 Å². The SMILES string of the molecule is CC(C)(C#N)CCCCNc1cc(C(F)(F)F)ccc1Cl. The standard InChI is InChI=1S/C15H18ClF3N2/c1-14(2,10-20)7-3-4-8-21-13-9-11(15(17,18)19)5-6-12(13)16/h5-6,9,21H,3-4,7-8H2,1-2H3. The van der Waals surface area contributed by atoms with Gasteiger partial charge in [-0.2, -0.15) is 18.4 Å². The molecule has 0 spiro atoms. The highest BCUT2D eigenvalue weighted by Gasteiger charge is 2.30. The molecule has 0 saturated heterocycles. The van der Waals surface area contributed by atoms with E-state index < -0.39 is 11.7 Å². The molecule has 1 aromatic rings. The fourth-order valence-electron chi connectivity index (χ4n) is 1.81. The minimum absolute atomic E-state index is 0.264. The van der Waals surface area contributed by atoms with Crippen LogP contribution >= 0.6 is 11.6 Å². The van der Waals surface area contributed by atoms with Gasteiger partial charge in [-0.25, -0.2) is 0 Å². The molecule has 1 N–H and O–H groups in total. The number of hydrogen-bond acceptors (Lipinski definition) is 2. The highest BCUT2D eigenvalue weighted by atomic mass is 35.5. The number of unbranched alkanes of at least 4 members (excludes halogenated alkanes) is 1. The van der Waals surface area contributed by atoms with Crippen LogP contribution in [-0.2, 0) is 6.18 Å². The Morgan fingerprint density at radius 1 is 1.24 bits per heavy atom. The van der Waals surface area contributed by atoms with Crippen molar-refractivity contribution < 1.29 is 13.2 Å². The van der Waals surface area contributed by atoms with Gasteiger partial charge in [-0.15, -0.1) is 0 Å². The molecule has 0 fully saturated rings. The zero-order chi connectivity index (χ0) is 16.1. The zero-order valence-electron chi connectivity index (χ0n) is 12.0. The van der Waals surface area contributed by atoms with E-state index in [1.807, 2.05) is 13.8 Å². The zero-order valence-corrected chi connectivity index (χ0v) is 12.8. The van der Waals surface area contributed by atoms with Crippen LogP contribution in [0.4, 0.5) is 18.9 Å². The van der Waals surface area contributed by atoms with Gasteiger partial charge in [0.2, 0.25) is 0 Å². The summed E-state index contributed by atoms with van der Waals surface area (Å²) < 4.78 is 37.8. The van der Waals surface area contributed by atoms with E-state index in [0.717, 1.165) is 31.4 Å². The average molecular weight is 319 g/mol. The fraction of sp³-hybridized carbons (Fsp3) is 0.533. The topological polar surface area (TPSA) is 35.8 Å². The summed E-state index contributed by atoms with van der Waals surface area (Å²) in [5.74, 6) is 0. The molecule has 6 heteroatoms. The molecule has 0 aromatic heterocycles. The van der Waals surface area contributed by atoms with E-state index in [-0.39, 0.29) is 16.1 Å². The fourth-order valence-corrected chi connectivity index (χ4v) is 1.99. The Kier molecular flexibility index (Phi) is 5.91. The second kappa shape index (κ2) is 7.04. The molecule has 0 aliphatic heterocycles. The third-order valence-corrected chi connectivity index (χ3v) is 3.47. The van der Waals surface area contributed by atoms with Crippen molar-refractivity contribution in [3.8, 4) is 6.07 Å². The Morgan fingerprint density at radius 2 is 1.90 bits per heavy atom. The van der Waals surface area contributed by atoms with Gasteiger partial charge >= 0.3 is 6.18 Å². The molecule has 0 heterocycles.